The lowest BCUT2D eigenvalue weighted by atomic mass is 10.0. The van der Waals surface area contributed by atoms with E-state index in [2.05, 4.69) is 42.7 Å². The maximum Gasteiger partial charge on any atom is 0.323 e. The van der Waals surface area contributed by atoms with Crippen molar-refractivity contribution in [1.82, 2.24) is 20.4 Å². The SMILES string of the molecule is C=CC[C@@H](NC)C(=O)OC.C=CC[C@H](NC)C(=O)OC.COC(=O)[C@@H]1CC(OC=O)CCN1C.COC(=O)[C@H]1CC(OC=O)CCN1C.[B]. The molecule has 2 aliphatic heterocycles. The standard InChI is InChI=1S/2C9H15NO4.2C7H13NO2.B/c2*1-10-4-3-7(14-6-11)5-8(10)9(12)13-2;2*1-4-5-6(8-2)7(9)10-3;/h2*6-8H,3-5H2,1-2H3;2*4,6,8H,1,5H2,2-3H3;/t2*7?,8-;2*6-;/m1010./s1. The molecule has 0 aromatic rings. The summed E-state index contributed by atoms with van der Waals surface area (Å²) < 4.78 is 28.0. The minimum absolute atomic E-state index is 0. The first-order chi connectivity index (χ1) is 22.9. The number of nitrogens with one attached hydrogen (secondary N) is 2. The minimum atomic E-state index is -0.293. The lowest BCUT2D eigenvalue weighted by Crippen LogP contribution is -2.47. The summed E-state index contributed by atoms with van der Waals surface area (Å²) in [5.74, 6) is -1.04. The number of hydrogen-bond acceptors (Lipinski definition) is 16. The van der Waals surface area contributed by atoms with Gasteiger partial charge in [0.05, 0.1) is 28.4 Å². The Hall–Kier alpha value is -3.80. The van der Waals surface area contributed by atoms with Crippen LogP contribution in [-0.2, 0) is 57.2 Å². The molecule has 3 radical (unpaired) electrons. The van der Waals surface area contributed by atoms with Gasteiger partial charge in [-0.3, -0.25) is 38.6 Å². The first-order valence-corrected chi connectivity index (χ1v) is 15.4. The number of carbonyl (C=O) groups excluding carboxylic acids is 6. The van der Waals surface area contributed by atoms with E-state index in [9.17, 15) is 28.8 Å². The van der Waals surface area contributed by atoms with Gasteiger partial charge in [-0.1, -0.05) is 12.2 Å². The highest BCUT2D eigenvalue weighted by molar-refractivity contribution is 5.77. The van der Waals surface area contributed by atoms with Crippen LogP contribution >= 0.6 is 0 Å². The molecule has 2 aliphatic rings. The molecule has 279 valence electrons. The fraction of sp³-hybridized carbons (Fsp3) is 0.688. The molecule has 2 unspecified atom stereocenters. The van der Waals surface area contributed by atoms with E-state index >= 15 is 0 Å². The van der Waals surface area contributed by atoms with Crippen LogP contribution in [0.5, 0.6) is 0 Å². The second-order valence-corrected chi connectivity index (χ2v) is 10.6. The van der Waals surface area contributed by atoms with E-state index in [0.717, 1.165) is 25.9 Å². The van der Waals surface area contributed by atoms with Crippen molar-refractivity contribution in [3.8, 4) is 0 Å². The van der Waals surface area contributed by atoms with Crippen LogP contribution in [0.1, 0.15) is 38.5 Å². The Morgan fingerprint density at radius 2 is 1.02 bits per heavy atom. The van der Waals surface area contributed by atoms with Crippen molar-refractivity contribution >= 4 is 45.2 Å². The Morgan fingerprint density at radius 3 is 1.24 bits per heavy atom. The molecule has 0 saturated carbocycles. The number of ether oxygens (including phenoxy) is 6. The zero-order valence-corrected chi connectivity index (χ0v) is 30.2. The number of carbonyl (C=O) groups is 6. The van der Waals surface area contributed by atoms with Crippen molar-refractivity contribution in [2.45, 2.75) is 74.9 Å². The number of piperidine rings is 2. The van der Waals surface area contributed by atoms with Crippen LogP contribution in [0, 0.1) is 0 Å². The maximum absolute atomic E-state index is 11.3. The van der Waals surface area contributed by atoms with Crippen molar-refractivity contribution in [2.24, 2.45) is 0 Å². The molecule has 2 N–H and O–H groups in total. The van der Waals surface area contributed by atoms with E-state index in [-0.39, 0.29) is 68.7 Å². The average molecular weight is 700 g/mol. The molecule has 0 bridgehead atoms. The van der Waals surface area contributed by atoms with Crippen LogP contribution in [0.4, 0.5) is 0 Å². The lowest BCUT2D eigenvalue weighted by molar-refractivity contribution is -0.153. The molecule has 0 amide bonds. The van der Waals surface area contributed by atoms with Crippen LogP contribution in [-0.4, -0.2) is 161 Å². The normalized spacial score (nSPS) is 21.1. The largest absolute Gasteiger partial charge is 0.468 e. The van der Waals surface area contributed by atoms with Crippen molar-refractivity contribution in [3.05, 3.63) is 25.3 Å². The fourth-order valence-corrected chi connectivity index (χ4v) is 4.61. The predicted molar refractivity (Wildman–Crippen MR) is 182 cm³/mol. The van der Waals surface area contributed by atoms with Crippen molar-refractivity contribution < 1.29 is 57.2 Å². The third-order valence-corrected chi connectivity index (χ3v) is 7.56. The fourth-order valence-electron chi connectivity index (χ4n) is 4.61. The third-order valence-electron chi connectivity index (χ3n) is 7.56. The maximum atomic E-state index is 11.3. The highest BCUT2D eigenvalue weighted by Crippen LogP contribution is 2.20. The van der Waals surface area contributed by atoms with Crippen LogP contribution in [0.25, 0.3) is 0 Å². The molecular weight excluding hydrogens is 643 g/mol. The Labute approximate surface area is 292 Å². The summed E-state index contributed by atoms with van der Waals surface area (Å²) in [5, 5.41) is 5.62. The van der Waals surface area contributed by atoms with E-state index in [1.807, 2.05) is 23.9 Å². The number of hydrogen-bond donors (Lipinski definition) is 2. The summed E-state index contributed by atoms with van der Waals surface area (Å²) in [6.07, 6.45) is 6.80. The van der Waals surface area contributed by atoms with Crippen molar-refractivity contribution in [3.63, 3.8) is 0 Å². The molecule has 0 aromatic heterocycles. The first-order valence-electron chi connectivity index (χ1n) is 15.4. The molecule has 49 heavy (non-hydrogen) atoms. The van der Waals surface area contributed by atoms with Crippen LogP contribution in [0.15, 0.2) is 25.3 Å². The van der Waals surface area contributed by atoms with Crippen molar-refractivity contribution in [1.29, 1.82) is 0 Å². The van der Waals surface area contributed by atoms with Gasteiger partial charge >= 0.3 is 23.9 Å². The lowest BCUT2D eigenvalue weighted by Gasteiger charge is -2.34. The quantitative estimate of drug-likeness (QED) is 0.0801. The molecule has 0 aromatic carbocycles. The zero-order valence-electron chi connectivity index (χ0n) is 30.2. The van der Waals surface area contributed by atoms with Gasteiger partial charge < -0.3 is 39.1 Å². The number of methoxy groups -OCH3 is 4. The highest BCUT2D eigenvalue weighted by atomic mass is 16.5. The van der Waals surface area contributed by atoms with E-state index in [1.165, 1.54) is 28.4 Å². The van der Waals surface area contributed by atoms with E-state index in [4.69, 9.17) is 9.47 Å². The Bertz CT molecular complexity index is 914. The molecule has 0 spiro atoms. The Balaban J connectivity index is -0.000000580. The van der Waals surface area contributed by atoms with Crippen LogP contribution in [0.2, 0.25) is 0 Å². The van der Waals surface area contributed by atoms with Gasteiger partial charge in [0.15, 0.2) is 0 Å². The summed E-state index contributed by atoms with van der Waals surface area (Å²) in [7, 11) is 12.6. The zero-order chi connectivity index (χ0) is 37.1. The van der Waals surface area contributed by atoms with Gasteiger partial charge in [0, 0.05) is 34.3 Å². The van der Waals surface area contributed by atoms with Crippen molar-refractivity contribution in [2.75, 3.05) is 69.7 Å². The second kappa shape index (κ2) is 30.3. The molecule has 17 heteroatoms. The molecular formula is C32H56BN4O12. The average Bonchev–Trinajstić information content (AvgIpc) is 3.10. The monoisotopic (exact) mass is 699 g/mol. The smallest absolute Gasteiger partial charge is 0.323 e. The summed E-state index contributed by atoms with van der Waals surface area (Å²) in [4.78, 5) is 68.4. The van der Waals surface area contributed by atoms with E-state index in [0.29, 0.717) is 38.6 Å². The van der Waals surface area contributed by atoms with Crippen LogP contribution in [0.3, 0.4) is 0 Å². The van der Waals surface area contributed by atoms with Gasteiger partial charge in [-0.05, 0) is 53.9 Å². The highest BCUT2D eigenvalue weighted by Gasteiger charge is 2.33. The Morgan fingerprint density at radius 1 is 0.694 bits per heavy atom. The van der Waals surface area contributed by atoms with Gasteiger partial charge in [0.25, 0.3) is 12.9 Å². The number of likely N-dealkylation sites (N-methyl/N-ethyl adjacent to an activating group) is 4. The topological polar surface area (TPSA) is 188 Å². The molecule has 2 fully saturated rings. The van der Waals surface area contributed by atoms with Gasteiger partial charge in [0.2, 0.25) is 0 Å². The molecule has 2 rings (SSSR count). The summed E-state index contributed by atoms with van der Waals surface area (Å²) >= 11 is 0. The van der Waals surface area contributed by atoms with E-state index < -0.39 is 0 Å². The van der Waals surface area contributed by atoms with Gasteiger partial charge in [-0.25, -0.2) is 0 Å². The molecule has 2 heterocycles. The van der Waals surface area contributed by atoms with Gasteiger partial charge in [-0.2, -0.15) is 0 Å². The molecule has 2 saturated heterocycles. The van der Waals surface area contributed by atoms with E-state index in [1.54, 1.807) is 26.2 Å². The van der Waals surface area contributed by atoms with Crippen LogP contribution < -0.4 is 10.6 Å². The Kier molecular flexibility index (Phi) is 30.6. The predicted octanol–water partition coefficient (Wildman–Crippen LogP) is -0.143. The number of likely N-dealkylation sites (tertiary alicyclic amines) is 2. The first kappa shape index (κ1) is 49.6. The molecule has 0 aliphatic carbocycles. The summed E-state index contributed by atoms with van der Waals surface area (Å²) in [5.41, 5.74) is 0. The van der Waals surface area contributed by atoms with Gasteiger partial charge in [-0.15, -0.1) is 13.2 Å². The molecule has 6 atom stereocenters. The third kappa shape index (κ3) is 20.3. The molecule has 16 nitrogen and oxygen atoms in total. The number of rotatable bonds is 14. The number of esters is 4. The summed E-state index contributed by atoms with van der Waals surface area (Å²) in [6.45, 7) is 9.37. The number of nitrogens with zero attached hydrogens (tertiary/aromatic N) is 2. The summed E-state index contributed by atoms with van der Waals surface area (Å²) in [6, 6.07) is -1.08. The second-order valence-electron chi connectivity index (χ2n) is 10.6. The minimum Gasteiger partial charge on any atom is -0.468 e. The van der Waals surface area contributed by atoms with Gasteiger partial charge in [0.1, 0.15) is 36.4 Å².